The van der Waals surface area contributed by atoms with Crippen LogP contribution in [0.5, 0.6) is 11.5 Å². The fourth-order valence-corrected chi connectivity index (χ4v) is 2.60. The zero-order valence-electron chi connectivity index (χ0n) is 14.1. The number of hydrogen-bond acceptors (Lipinski definition) is 3. The Morgan fingerprint density at radius 2 is 1.52 bits per heavy atom. The van der Waals surface area contributed by atoms with Crippen LogP contribution in [-0.2, 0) is 6.61 Å². The molecule has 0 heterocycles. The first-order valence-electron chi connectivity index (χ1n) is 8.07. The smallest absolute Gasteiger partial charge is 0.488 e. The van der Waals surface area contributed by atoms with Crippen molar-refractivity contribution in [2.75, 3.05) is 0 Å². The van der Waals surface area contributed by atoms with E-state index in [1.165, 1.54) is 12.1 Å². The van der Waals surface area contributed by atoms with Crippen molar-refractivity contribution in [3.05, 3.63) is 83.9 Å². The van der Waals surface area contributed by atoms with Crippen molar-refractivity contribution in [3.8, 4) is 22.6 Å². The van der Waals surface area contributed by atoms with Crippen molar-refractivity contribution in [2.45, 2.75) is 13.0 Å². The number of carbonyl (C=O) groups is 1. The lowest BCUT2D eigenvalue weighted by atomic mass is 10.0. The van der Waals surface area contributed by atoms with Gasteiger partial charge in [-0.2, -0.15) is 0 Å². The molecule has 0 unspecified atom stereocenters. The molecule has 3 aromatic rings. The molecule has 0 radical (unpaired) electrons. The number of halogens is 3. The van der Waals surface area contributed by atoms with Gasteiger partial charge in [-0.05, 0) is 29.8 Å². The van der Waals surface area contributed by atoms with Gasteiger partial charge < -0.3 is 9.47 Å². The number of ether oxygens (including phenoxy) is 2. The largest absolute Gasteiger partial charge is 0.573 e. The fourth-order valence-electron chi connectivity index (χ4n) is 2.60. The second-order valence-electron chi connectivity index (χ2n) is 5.69. The average Bonchev–Trinajstić information content (AvgIpc) is 2.67. The second-order valence-corrected chi connectivity index (χ2v) is 5.69. The minimum Gasteiger partial charge on any atom is -0.488 e. The summed E-state index contributed by atoms with van der Waals surface area (Å²) in [5.74, 6) is -0.0136. The Morgan fingerprint density at radius 3 is 2.22 bits per heavy atom. The van der Waals surface area contributed by atoms with Crippen molar-refractivity contribution >= 4 is 6.29 Å². The summed E-state index contributed by atoms with van der Waals surface area (Å²) in [7, 11) is 0. The van der Waals surface area contributed by atoms with E-state index in [9.17, 15) is 18.0 Å². The molecule has 0 amide bonds. The van der Waals surface area contributed by atoms with E-state index in [1.807, 2.05) is 30.3 Å². The van der Waals surface area contributed by atoms with Gasteiger partial charge in [-0.15, -0.1) is 13.2 Å². The van der Waals surface area contributed by atoms with E-state index >= 15 is 0 Å². The first-order chi connectivity index (χ1) is 13.0. The number of benzene rings is 3. The maximum absolute atomic E-state index is 12.8. The molecular weight excluding hydrogens is 357 g/mol. The number of aldehydes is 1. The third-order valence-corrected chi connectivity index (χ3v) is 3.78. The van der Waals surface area contributed by atoms with Crippen LogP contribution in [0.1, 0.15) is 15.9 Å². The van der Waals surface area contributed by atoms with Crippen LogP contribution in [0.15, 0.2) is 72.8 Å². The summed E-state index contributed by atoms with van der Waals surface area (Å²) in [6.07, 6.45) is -4.29. The van der Waals surface area contributed by atoms with Gasteiger partial charge in [0, 0.05) is 16.7 Å². The van der Waals surface area contributed by atoms with E-state index in [0.717, 1.165) is 11.6 Å². The molecule has 0 fully saturated rings. The molecule has 3 nitrogen and oxygen atoms in total. The van der Waals surface area contributed by atoms with Gasteiger partial charge in [0.2, 0.25) is 0 Å². The average molecular weight is 372 g/mol. The Kier molecular flexibility index (Phi) is 5.45. The van der Waals surface area contributed by atoms with Gasteiger partial charge in [0.1, 0.15) is 24.4 Å². The molecule has 0 aliphatic rings. The molecule has 138 valence electrons. The van der Waals surface area contributed by atoms with E-state index in [2.05, 4.69) is 4.74 Å². The van der Waals surface area contributed by atoms with Crippen molar-refractivity contribution in [2.24, 2.45) is 0 Å². The Morgan fingerprint density at radius 1 is 0.815 bits per heavy atom. The quantitative estimate of drug-likeness (QED) is 0.525. The van der Waals surface area contributed by atoms with E-state index in [4.69, 9.17) is 4.74 Å². The highest BCUT2D eigenvalue weighted by Gasteiger charge is 2.32. The number of carbonyl (C=O) groups excluding carboxylic acids is 1. The van der Waals surface area contributed by atoms with Crippen molar-refractivity contribution in [3.63, 3.8) is 0 Å². The molecule has 0 N–H and O–H groups in total. The first kappa shape index (κ1) is 18.5. The monoisotopic (exact) mass is 372 g/mol. The maximum atomic E-state index is 12.8. The highest BCUT2D eigenvalue weighted by Crippen LogP contribution is 2.39. The molecule has 0 aromatic heterocycles. The molecule has 3 rings (SSSR count). The Labute approximate surface area is 154 Å². The standard InChI is InChI=1S/C21H15F3O3/c22-21(23,24)27-20-11-10-16(13-25)12-18(20)17-8-4-5-9-19(17)26-14-15-6-2-1-3-7-15/h1-13H,14H2. The Hall–Kier alpha value is -3.28. The van der Waals surface area contributed by atoms with Gasteiger partial charge in [0.05, 0.1) is 0 Å². The van der Waals surface area contributed by atoms with Crippen molar-refractivity contribution < 1.29 is 27.4 Å². The van der Waals surface area contributed by atoms with Crippen LogP contribution in [0.2, 0.25) is 0 Å². The summed E-state index contributed by atoms with van der Waals surface area (Å²) in [5.41, 5.74) is 1.68. The molecule has 6 heteroatoms. The summed E-state index contributed by atoms with van der Waals surface area (Å²) >= 11 is 0. The summed E-state index contributed by atoms with van der Waals surface area (Å²) in [6.45, 7) is 0.251. The molecule has 0 saturated carbocycles. The second kappa shape index (κ2) is 7.95. The predicted octanol–water partition coefficient (Wildman–Crippen LogP) is 5.64. The fraction of sp³-hybridized carbons (Fsp3) is 0.0952. The lowest BCUT2D eigenvalue weighted by Crippen LogP contribution is -2.17. The van der Waals surface area contributed by atoms with Crippen molar-refractivity contribution in [1.82, 2.24) is 0 Å². The van der Waals surface area contributed by atoms with E-state index in [0.29, 0.717) is 17.6 Å². The Bertz CT molecular complexity index is 921. The molecule has 0 saturated heterocycles. The Balaban J connectivity index is 1.99. The summed E-state index contributed by atoms with van der Waals surface area (Å²) in [6, 6.07) is 19.8. The van der Waals surface area contributed by atoms with Crippen molar-refractivity contribution in [1.29, 1.82) is 0 Å². The van der Waals surface area contributed by atoms with Gasteiger partial charge in [-0.25, -0.2) is 0 Å². The van der Waals surface area contributed by atoms with Crippen LogP contribution < -0.4 is 9.47 Å². The van der Waals surface area contributed by atoms with E-state index in [-0.39, 0.29) is 17.7 Å². The van der Waals surface area contributed by atoms with E-state index in [1.54, 1.807) is 24.3 Å². The molecule has 0 bridgehead atoms. The first-order valence-corrected chi connectivity index (χ1v) is 8.07. The molecule has 0 atom stereocenters. The lowest BCUT2D eigenvalue weighted by Gasteiger charge is -2.17. The number of alkyl halides is 3. The van der Waals surface area contributed by atoms with Gasteiger partial charge in [0.25, 0.3) is 0 Å². The summed E-state index contributed by atoms with van der Waals surface area (Å²) in [5, 5.41) is 0. The summed E-state index contributed by atoms with van der Waals surface area (Å²) < 4.78 is 48.2. The van der Waals surface area contributed by atoms with E-state index < -0.39 is 12.1 Å². The van der Waals surface area contributed by atoms with Crippen LogP contribution in [-0.4, -0.2) is 12.6 Å². The van der Waals surface area contributed by atoms with Crippen LogP contribution in [0.25, 0.3) is 11.1 Å². The van der Waals surface area contributed by atoms with Gasteiger partial charge in [0.15, 0.2) is 0 Å². The third kappa shape index (κ3) is 4.88. The van der Waals surface area contributed by atoms with Gasteiger partial charge in [-0.1, -0.05) is 48.5 Å². The third-order valence-electron chi connectivity index (χ3n) is 3.78. The number of rotatable bonds is 6. The lowest BCUT2D eigenvalue weighted by molar-refractivity contribution is -0.274. The minimum atomic E-state index is -4.85. The minimum absolute atomic E-state index is 0.126. The number of para-hydroxylation sites is 1. The summed E-state index contributed by atoms with van der Waals surface area (Å²) in [4.78, 5) is 11.1. The van der Waals surface area contributed by atoms with Gasteiger partial charge in [-0.3, -0.25) is 4.79 Å². The normalized spacial score (nSPS) is 11.1. The highest BCUT2D eigenvalue weighted by atomic mass is 19.4. The maximum Gasteiger partial charge on any atom is 0.573 e. The molecule has 0 aliphatic carbocycles. The topological polar surface area (TPSA) is 35.5 Å². The number of hydrogen-bond donors (Lipinski definition) is 0. The highest BCUT2D eigenvalue weighted by molar-refractivity contribution is 5.83. The molecule has 3 aromatic carbocycles. The molecule has 0 spiro atoms. The van der Waals surface area contributed by atoms with Crippen LogP contribution in [0.4, 0.5) is 13.2 Å². The van der Waals surface area contributed by atoms with Crippen LogP contribution >= 0.6 is 0 Å². The van der Waals surface area contributed by atoms with Crippen LogP contribution in [0, 0.1) is 0 Å². The SMILES string of the molecule is O=Cc1ccc(OC(F)(F)F)c(-c2ccccc2OCc2ccccc2)c1. The predicted molar refractivity (Wildman–Crippen MR) is 94.7 cm³/mol. The molecule has 27 heavy (non-hydrogen) atoms. The molecule has 0 aliphatic heterocycles. The van der Waals surface area contributed by atoms with Crippen LogP contribution in [0.3, 0.4) is 0 Å². The van der Waals surface area contributed by atoms with Gasteiger partial charge >= 0.3 is 6.36 Å². The molecular formula is C21H15F3O3. The zero-order valence-corrected chi connectivity index (χ0v) is 14.1. The zero-order chi connectivity index (χ0) is 19.3.